The summed E-state index contributed by atoms with van der Waals surface area (Å²) in [4.78, 5) is 23.8. The van der Waals surface area contributed by atoms with E-state index in [2.05, 4.69) is 5.32 Å². The van der Waals surface area contributed by atoms with Gasteiger partial charge >= 0.3 is 5.97 Å². The molecule has 0 fully saturated rings. The maximum atomic E-state index is 12.3. The van der Waals surface area contributed by atoms with Crippen molar-refractivity contribution >= 4 is 29.6 Å². The molecule has 6 heteroatoms. The molecule has 29 heavy (non-hydrogen) atoms. The van der Waals surface area contributed by atoms with Crippen LogP contribution in [-0.4, -0.2) is 17.0 Å². The van der Waals surface area contributed by atoms with E-state index >= 15 is 0 Å². The van der Waals surface area contributed by atoms with Gasteiger partial charge in [0.25, 0.3) is 5.91 Å². The average molecular weight is 408 g/mol. The predicted molar refractivity (Wildman–Crippen MR) is 112 cm³/mol. The standard InChI is InChI=1S/C23H18ClNO4/c24-19-11-9-16(10-12-19)15-29-20-8-4-5-17(13-20)14-21(23(27)28)25-22(26)18-6-2-1-3-7-18/h1-14H,15H2,(H,25,26)(H,27,28). The summed E-state index contributed by atoms with van der Waals surface area (Å²) in [7, 11) is 0. The highest BCUT2D eigenvalue weighted by Gasteiger charge is 2.13. The minimum atomic E-state index is -1.23. The minimum Gasteiger partial charge on any atom is -0.489 e. The normalized spacial score (nSPS) is 11.0. The number of halogens is 1. The number of carbonyl (C=O) groups is 2. The van der Waals surface area contributed by atoms with Crippen LogP contribution < -0.4 is 10.1 Å². The zero-order valence-electron chi connectivity index (χ0n) is 15.3. The highest BCUT2D eigenvalue weighted by molar-refractivity contribution is 6.30. The van der Waals surface area contributed by atoms with Crippen molar-refractivity contribution in [3.05, 3.63) is 106 Å². The summed E-state index contributed by atoms with van der Waals surface area (Å²) in [5.41, 5.74) is 1.69. The van der Waals surface area contributed by atoms with Crippen molar-refractivity contribution in [1.29, 1.82) is 0 Å². The van der Waals surface area contributed by atoms with Gasteiger partial charge in [0, 0.05) is 10.6 Å². The molecule has 0 aliphatic carbocycles. The fourth-order valence-corrected chi connectivity index (χ4v) is 2.67. The maximum absolute atomic E-state index is 12.3. The van der Waals surface area contributed by atoms with E-state index in [4.69, 9.17) is 16.3 Å². The van der Waals surface area contributed by atoms with Gasteiger partial charge in [-0.15, -0.1) is 0 Å². The molecule has 146 valence electrons. The molecule has 0 aliphatic heterocycles. The van der Waals surface area contributed by atoms with E-state index in [-0.39, 0.29) is 5.70 Å². The van der Waals surface area contributed by atoms with Gasteiger partial charge in [-0.05, 0) is 53.6 Å². The quantitative estimate of drug-likeness (QED) is 0.553. The van der Waals surface area contributed by atoms with Crippen LogP contribution in [-0.2, 0) is 11.4 Å². The van der Waals surface area contributed by atoms with E-state index in [9.17, 15) is 14.7 Å². The zero-order valence-corrected chi connectivity index (χ0v) is 16.1. The Kier molecular flexibility index (Phi) is 6.66. The molecule has 0 unspecified atom stereocenters. The molecule has 0 bridgehead atoms. The lowest BCUT2D eigenvalue weighted by atomic mass is 10.1. The third-order valence-electron chi connectivity index (χ3n) is 4.00. The molecular formula is C23H18ClNO4. The summed E-state index contributed by atoms with van der Waals surface area (Å²) in [5.74, 6) is -1.15. The van der Waals surface area contributed by atoms with Crippen molar-refractivity contribution in [2.75, 3.05) is 0 Å². The van der Waals surface area contributed by atoms with Crippen LogP contribution in [0.3, 0.4) is 0 Å². The topological polar surface area (TPSA) is 75.6 Å². The smallest absolute Gasteiger partial charge is 0.352 e. The summed E-state index contributed by atoms with van der Waals surface area (Å²) < 4.78 is 5.76. The Morgan fingerprint density at radius 2 is 1.69 bits per heavy atom. The number of amides is 1. The fourth-order valence-electron chi connectivity index (χ4n) is 2.54. The lowest BCUT2D eigenvalue weighted by Crippen LogP contribution is -2.27. The van der Waals surface area contributed by atoms with Crippen LogP contribution in [0.15, 0.2) is 84.6 Å². The third-order valence-corrected chi connectivity index (χ3v) is 4.25. The Labute approximate surface area is 173 Å². The van der Waals surface area contributed by atoms with Crippen LogP contribution in [0, 0.1) is 0 Å². The van der Waals surface area contributed by atoms with Gasteiger partial charge in [0.2, 0.25) is 0 Å². The summed E-state index contributed by atoms with van der Waals surface area (Å²) >= 11 is 5.87. The number of hydrogen-bond acceptors (Lipinski definition) is 3. The van der Waals surface area contributed by atoms with Crippen molar-refractivity contribution < 1.29 is 19.4 Å². The first-order valence-corrected chi connectivity index (χ1v) is 9.18. The molecule has 0 radical (unpaired) electrons. The molecule has 0 saturated heterocycles. The number of nitrogens with one attached hydrogen (secondary N) is 1. The summed E-state index contributed by atoms with van der Waals surface area (Å²) in [6, 6.07) is 22.7. The van der Waals surface area contributed by atoms with E-state index in [1.54, 1.807) is 66.7 Å². The molecule has 2 N–H and O–H groups in total. The van der Waals surface area contributed by atoms with Crippen LogP contribution in [0.1, 0.15) is 21.5 Å². The van der Waals surface area contributed by atoms with Crippen molar-refractivity contribution in [1.82, 2.24) is 5.32 Å². The number of ether oxygens (including phenoxy) is 1. The van der Waals surface area contributed by atoms with Crippen molar-refractivity contribution in [3.63, 3.8) is 0 Å². The summed E-state index contributed by atoms with van der Waals surface area (Å²) in [6.07, 6.45) is 1.39. The number of benzene rings is 3. The number of rotatable bonds is 7. The van der Waals surface area contributed by atoms with E-state index in [0.717, 1.165) is 5.56 Å². The Morgan fingerprint density at radius 1 is 0.966 bits per heavy atom. The molecule has 5 nitrogen and oxygen atoms in total. The minimum absolute atomic E-state index is 0.228. The summed E-state index contributed by atoms with van der Waals surface area (Å²) in [6.45, 7) is 0.348. The van der Waals surface area contributed by atoms with Crippen LogP contribution in [0.4, 0.5) is 0 Å². The van der Waals surface area contributed by atoms with Gasteiger partial charge in [0.05, 0.1) is 0 Å². The number of carbonyl (C=O) groups excluding carboxylic acids is 1. The second kappa shape index (κ2) is 9.57. The number of carboxylic acid groups (broad SMARTS) is 1. The molecule has 0 spiro atoms. The van der Waals surface area contributed by atoms with Gasteiger partial charge in [-0.25, -0.2) is 4.79 Å². The molecule has 1 amide bonds. The Morgan fingerprint density at radius 3 is 2.38 bits per heavy atom. The molecule has 0 aliphatic rings. The van der Waals surface area contributed by atoms with Gasteiger partial charge in [-0.3, -0.25) is 4.79 Å². The van der Waals surface area contributed by atoms with Crippen molar-refractivity contribution in [3.8, 4) is 5.75 Å². The van der Waals surface area contributed by atoms with Crippen LogP contribution in [0.25, 0.3) is 6.08 Å². The Balaban J connectivity index is 1.72. The van der Waals surface area contributed by atoms with Gasteiger partial charge in [0.1, 0.15) is 18.1 Å². The van der Waals surface area contributed by atoms with Crippen LogP contribution >= 0.6 is 11.6 Å². The molecule has 3 rings (SSSR count). The largest absolute Gasteiger partial charge is 0.489 e. The Bertz CT molecular complexity index is 1030. The van der Waals surface area contributed by atoms with E-state index < -0.39 is 11.9 Å². The predicted octanol–water partition coefficient (Wildman–Crippen LogP) is 4.77. The number of carboxylic acids is 1. The van der Waals surface area contributed by atoms with Gasteiger partial charge in [-0.2, -0.15) is 0 Å². The molecule has 3 aromatic rings. The second-order valence-electron chi connectivity index (χ2n) is 6.17. The van der Waals surface area contributed by atoms with Gasteiger partial charge < -0.3 is 15.2 Å². The number of hydrogen-bond donors (Lipinski definition) is 2. The van der Waals surface area contributed by atoms with E-state index in [1.807, 2.05) is 12.1 Å². The highest BCUT2D eigenvalue weighted by Crippen LogP contribution is 2.18. The Hall–Kier alpha value is -3.57. The van der Waals surface area contributed by atoms with Crippen LogP contribution in [0.5, 0.6) is 5.75 Å². The molecule has 0 aromatic heterocycles. The van der Waals surface area contributed by atoms with E-state index in [1.165, 1.54) is 6.08 Å². The molecule has 0 saturated carbocycles. The molecule has 3 aromatic carbocycles. The summed E-state index contributed by atoms with van der Waals surface area (Å²) in [5, 5.41) is 12.5. The average Bonchev–Trinajstić information content (AvgIpc) is 2.73. The van der Waals surface area contributed by atoms with E-state index in [0.29, 0.717) is 28.5 Å². The monoisotopic (exact) mass is 407 g/mol. The SMILES string of the molecule is O=C(O)C(=Cc1cccc(OCc2ccc(Cl)cc2)c1)NC(=O)c1ccccc1. The fraction of sp³-hybridized carbons (Fsp3) is 0.0435. The maximum Gasteiger partial charge on any atom is 0.352 e. The highest BCUT2D eigenvalue weighted by atomic mass is 35.5. The zero-order chi connectivity index (χ0) is 20.6. The van der Waals surface area contributed by atoms with Crippen molar-refractivity contribution in [2.24, 2.45) is 0 Å². The van der Waals surface area contributed by atoms with Gasteiger partial charge in [-0.1, -0.05) is 54.1 Å². The molecular weight excluding hydrogens is 390 g/mol. The third kappa shape index (κ3) is 5.96. The molecule has 0 atom stereocenters. The van der Waals surface area contributed by atoms with Gasteiger partial charge in [0.15, 0.2) is 0 Å². The van der Waals surface area contributed by atoms with Crippen LogP contribution in [0.2, 0.25) is 5.02 Å². The lowest BCUT2D eigenvalue weighted by Gasteiger charge is -2.09. The number of aliphatic carboxylic acids is 1. The van der Waals surface area contributed by atoms with Crippen molar-refractivity contribution in [2.45, 2.75) is 6.61 Å². The molecule has 0 heterocycles. The lowest BCUT2D eigenvalue weighted by molar-refractivity contribution is -0.132. The first kappa shape index (κ1) is 20.2. The second-order valence-corrected chi connectivity index (χ2v) is 6.61. The first-order valence-electron chi connectivity index (χ1n) is 8.80. The first-order chi connectivity index (χ1) is 14.0.